The summed E-state index contributed by atoms with van der Waals surface area (Å²) in [6, 6.07) is 2.88. The molecule has 0 radical (unpaired) electrons. The third kappa shape index (κ3) is 6.05. The molecule has 204 valence electrons. The molecule has 2 aliphatic carbocycles. The highest BCUT2D eigenvalue weighted by molar-refractivity contribution is 7.92. The first-order chi connectivity index (χ1) is 18.6. The van der Waals surface area contributed by atoms with Gasteiger partial charge in [0.1, 0.15) is 10.8 Å². The van der Waals surface area contributed by atoms with Gasteiger partial charge in [0.2, 0.25) is 11.8 Å². The van der Waals surface area contributed by atoms with E-state index in [0.29, 0.717) is 21.5 Å². The van der Waals surface area contributed by atoms with E-state index in [-0.39, 0.29) is 35.6 Å². The van der Waals surface area contributed by atoms with Gasteiger partial charge in [0.05, 0.1) is 34.8 Å². The highest BCUT2D eigenvalue weighted by Gasteiger charge is 2.37. The third-order valence-electron chi connectivity index (χ3n) is 6.39. The topological polar surface area (TPSA) is 144 Å². The predicted molar refractivity (Wildman–Crippen MR) is 144 cm³/mol. The van der Waals surface area contributed by atoms with Crippen LogP contribution in [0, 0.1) is 5.82 Å². The van der Waals surface area contributed by atoms with Gasteiger partial charge in [-0.2, -0.15) is 0 Å². The van der Waals surface area contributed by atoms with E-state index < -0.39 is 44.4 Å². The zero-order valence-corrected chi connectivity index (χ0v) is 22.5. The minimum Gasteiger partial charge on any atom is -0.384 e. The maximum Gasteiger partial charge on any atom is 0.270 e. The number of carbonyl (C=O) groups is 3. The van der Waals surface area contributed by atoms with Gasteiger partial charge in [0.15, 0.2) is 15.1 Å². The number of ether oxygens (including phenoxy) is 1. The van der Waals surface area contributed by atoms with Crippen LogP contribution in [-0.4, -0.2) is 68.9 Å². The Labute approximate surface area is 227 Å². The number of amides is 3. The molecule has 1 saturated carbocycles. The summed E-state index contributed by atoms with van der Waals surface area (Å²) in [6.07, 6.45) is 9.87. The van der Waals surface area contributed by atoms with Gasteiger partial charge in [-0.05, 0) is 36.6 Å². The number of halogens is 1. The second-order valence-electron chi connectivity index (χ2n) is 9.37. The Bertz CT molecular complexity index is 1590. The minimum atomic E-state index is -4.09. The molecule has 10 nitrogen and oxygen atoms in total. The quantitative estimate of drug-likeness (QED) is 0.443. The number of aromatic nitrogens is 1. The molecule has 2 unspecified atom stereocenters. The maximum absolute atomic E-state index is 15.2. The van der Waals surface area contributed by atoms with Gasteiger partial charge in [-0.15, -0.1) is 11.3 Å². The van der Waals surface area contributed by atoms with Crippen LogP contribution in [0.4, 0.5) is 4.39 Å². The molecule has 3 aliphatic rings. The lowest BCUT2D eigenvalue weighted by atomic mass is 9.89. The van der Waals surface area contributed by atoms with Crippen LogP contribution in [0.3, 0.4) is 0 Å². The van der Waals surface area contributed by atoms with Gasteiger partial charge >= 0.3 is 0 Å². The van der Waals surface area contributed by atoms with Crippen molar-refractivity contribution >= 4 is 54.8 Å². The Morgan fingerprint density at radius 3 is 2.77 bits per heavy atom. The molecule has 1 fully saturated rings. The summed E-state index contributed by atoms with van der Waals surface area (Å²) in [5.74, 6) is -3.11. The van der Waals surface area contributed by atoms with E-state index in [1.807, 2.05) is 0 Å². The van der Waals surface area contributed by atoms with Crippen molar-refractivity contribution in [3.63, 3.8) is 0 Å². The molecule has 13 heteroatoms. The number of thiazole rings is 1. The summed E-state index contributed by atoms with van der Waals surface area (Å²) >= 11 is 0.973. The molecule has 0 bridgehead atoms. The number of dihydropyridines is 1. The maximum atomic E-state index is 15.2. The van der Waals surface area contributed by atoms with Crippen LogP contribution in [0.5, 0.6) is 0 Å². The highest BCUT2D eigenvalue weighted by atomic mass is 32.2. The van der Waals surface area contributed by atoms with Gasteiger partial charge in [-0.25, -0.2) is 22.8 Å². The fraction of sp³-hybridized carbons (Fsp3) is 0.346. The number of aliphatic imine (C=N–C) groups is 1. The number of nitrogens with zero attached hydrogens (tertiary/aromatic N) is 2. The van der Waals surface area contributed by atoms with Crippen LogP contribution in [0.15, 0.2) is 53.1 Å². The zero-order chi connectivity index (χ0) is 27.7. The molecule has 1 aliphatic heterocycles. The van der Waals surface area contributed by atoms with Crippen molar-refractivity contribution in [1.29, 1.82) is 0 Å². The van der Waals surface area contributed by atoms with Crippen LogP contribution in [0.2, 0.25) is 0 Å². The van der Waals surface area contributed by atoms with E-state index in [4.69, 9.17) is 4.74 Å². The lowest BCUT2D eigenvalue weighted by molar-refractivity contribution is -0.126. The van der Waals surface area contributed by atoms with Crippen molar-refractivity contribution in [1.82, 2.24) is 15.6 Å². The van der Waals surface area contributed by atoms with E-state index in [2.05, 4.69) is 20.6 Å². The summed E-state index contributed by atoms with van der Waals surface area (Å²) in [6.45, 7) is -0.505. The highest BCUT2D eigenvalue weighted by Crippen LogP contribution is 2.36. The molecule has 1 aromatic heterocycles. The van der Waals surface area contributed by atoms with Crippen molar-refractivity contribution in [3.05, 3.63) is 64.5 Å². The van der Waals surface area contributed by atoms with Crippen LogP contribution in [-0.2, 0) is 29.0 Å². The Morgan fingerprint density at radius 1 is 1.23 bits per heavy atom. The number of rotatable bonds is 10. The second-order valence-corrected chi connectivity index (χ2v) is 12.6. The molecule has 2 aromatic rings. The zero-order valence-electron chi connectivity index (χ0n) is 20.8. The van der Waals surface area contributed by atoms with Crippen LogP contribution in [0.1, 0.15) is 34.6 Å². The molecule has 2 heterocycles. The third-order valence-corrected chi connectivity index (χ3v) is 9.52. The van der Waals surface area contributed by atoms with E-state index in [1.54, 1.807) is 30.4 Å². The first-order valence-electron chi connectivity index (χ1n) is 12.2. The lowest BCUT2D eigenvalue weighted by Crippen LogP contribution is -2.41. The van der Waals surface area contributed by atoms with Crippen molar-refractivity contribution in [2.45, 2.75) is 30.1 Å². The number of carbonyl (C=O) groups excluding carboxylic acids is 3. The van der Waals surface area contributed by atoms with Crippen molar-refractivity contribution < 1.29 is 31.9 Å². The minimum absolute atomic E-state index is 0.0292. The number of fused-ring (bicyclic) bond motifs is 2. The monoisotopic (exact) mass is 572 g/mol. The largest absolute Gasteiger partial charge is 0.384 e. The molecular weight excluding hydrogens is 547 g/mol. The number of hydrogen-bond donors (Lipinski definition) is 2. The van der Waals surface area contributed by atoms with Gasteiger partial charge in [0, 0.05) is 36.8 Å². The molecule has 2 atom stereocenters. The molecule has 3 amide bonds. The Kier molecular flexibility index (Phi) is 7.56. The first kappa shape index (κ1) is 27.0. The van der Waals surface area contributed by atoms with E-state index in [1.165, 1.54) is 19.3 Å². The average Bonchev–Trinajstić information content (AvgIpc) is 3.62. The Balaban J connectivity index is 1.44. The van der Waals surface area contributed by atoms with Gasteiger partial charge in [-0.1, -0.05) is 12.2 Å². The van der Waals surface area contributed by atoms with Gasteiger partial charge < -0.3 is 15.4 Å². The van der Waals surface area contributed by atoms with Gasteiger partial charge in [-0.3, -0.25) is 14.4 Å². The van der Waals surface area contributed by atoms with Crippen molar-refractivity contribution in [3.8, 4) is 0 Å². The summed E-state index contributed by atoms with van der Waals surface area (Å²) in [4.78, 5) is 44.9. The second kappa shape index (κ2) is 10.9. The molecular formula is C26H25FN4O6S2. The summed E-state index contributed by atoms with van der Waals surface area (Å²) in [7, 11) is -2.74. The number of sulfone groups is 1. The summed E-state index contributed by atoms with van der Waals surface area (Å²) < 4.78 is 47.0. The van der Waals surface area contributed by atoms with Crippen LogP contribution >= 0.6 is 11.3 Å². The van der Waals surface area contributed by atoms with Crippen LogP contribution in [0.25, 0.3) is 10.2 Å². The number of nitrogens with one attached hydrogen (secondary N) is 2. The van der Waals surface area contributed by atoms with E-state index in [0.717, 1.165) is 24.2 Å². The Hall–Kier alpha value is -3.55. The van der Waals surface area contributed by atoms with Crippen molar-refractivity contribution in [2.24, 2.45) is 4.99 Å². The van der Waals surface area contributed by atoms with E-state index in [9.17, 15) is 22.8 Å². The standard InChI is InChI=1S/C26H25FN4O6S2/c1-37-8-9-39(35,36)24(25(34)28-13-23(33)29-16-4-5-16)26-31-20-12-18(27)17(11-21(20)38-26)14-2-6-19-15(10-14)3-7-22(32)30-19/h2-3,6-7,10-12,14,16,24H,4-5,8-9,13H2,1H3,(H,28,34)(H,29,33). The number of hydrogen-bond acceptors (Lipinski definition) is 8. The number of benzene rings is 1. The fourth-order valence-electron chi connectivity index (χ4n) is 4.24. The molecule has 39 heavy (non-hydrogen) atoms. The van der Waals surface area contributed by atoms with Crippen LogP contribution < -0.4 is 10.6 Å². The molecule has 0 saturated heterocycles. The van der Waals surface area contributed by atoms with Gasteiger partial charge in [0.25, 0.3) is 5.91 Å². The SMILES string of the molecule is COCCS(=O)(=O)C(C(=O)NCC(=O)NC1CC1)c1nc2cc(F)c(C3C=CC4=NC(=O)C=CC4=C3)cc2s1. The molecule has 2 N–H and O–H groups in total. The molecule has 1 aromatic carbocycles. The number of allylic oxidation sites excluding steroid dienone is 5. The van der Waals surface area contributed by atoms with E-state index >= 15 is 4.39 Å². The summed E-state index contributed by atoms with van der Waals surface area (Å²) in [5, 5.41) is 3.42. The normalized spacial score (nSPS) is 19.3. The average molecular weight is 573 g/mol. The van der Waals surface area contributed by atoms with Crippen molar-refractivity contribution in [2.75, 3.05) is 26.0 Å². The predicted octanol–water partition coefficient (Wildman–Crippen LogP) is 2.05. The summed E-state index contributed by atoms with van der Waals surface area (Å²) in [5.41, 5.74) is 1.73. The number of methoxy groups -OCH3 is 1. The smallest absolute Gasteiger partial charge is 0.270 e. The fourth-order valence-corrected chi connectivity index (χ4v) is 7.21. The molecule has 5 rings (SSSR count). The lowest BCUT2D eigenvalue weighted by Gasteiger charge is -2.18. The first-order valence-corrected chi connectivity index (χ1v) is 14.8. The Morgan fingerprint density at radius 2 is 2.03 bits per heavy atom. The molecule has 0 spiro atoms.